The van der Waals surface area contributed by atoms with Crippen LogP contribution in [0.2, 0.25) is 0 Å². The van der Waals surface area contributed by atoms with Crippen molar-refractivity contribution >= 4 is 18.3 Å². The standard InChI is InChI=1S/C20H28N2O.ClH/c1-19(16-6-3-2-4-7-16)8-5-13-22(15-19)18(23)17-14-20(17)9-11-21-12-10-20;/h2-4,6-7,17,21H,5,8-15H2,1H3;1H. The second kappa shape index (κ2) is 6.68. The van der Waals surface area contributed by atoms with E-state index in [4.69, 9.17) is 0 Å². The Hall–Kier alpha value is -1.06. The van der Waals surface area contributed by atoms with Crippen molar-refractivity contribution in [1.29, 1.82) is 0 Å². The van der Waals surface area contributed by atoms with Gasteiger partial charge >= 0.3 is 0 Å². The third kappa shape index (κ3) is 3.09. The SMILES string of the molecule is CC1(c2ccccc2)CCCN(C(=O)C2CC23CCNCC3)C1.Cl. The largest absolute Gasteiger partial charge is 0.342 e. The molecule has 2 aliphatic heterocycles. The first-order chi connectivity index (χ1) is 11.1. The number of amides is 1. The zero-order valence-corrected chi connectivity index (χ0v) is 15.4. The van der Waals surface area contributed by atoms with Gasteiger partial charge in [0.2, 0.25) is 5.91 Å². The van der Waals surface area contributed by atoms with Crippen LogP contribution >= 0.6 is 12.4 Å². The summed E-state index contributed by atoms with van der Waals surface area (Å²) >= 11 is 0. The lowest BCUT2D eigenvalue weighted by atomic mass is 9.75. The van der Waals surface area contributed by atoms with Crippen LogP contribution in [0.5, 0.6) is 0 Å². The topological polar surface area (TPSA) is 32.3 Å². The van der Waals surface area contributed by atoms with Crippen LogP contribution in [-0.4, -0.2) is 37.0 Å². The summed E-state index contributed by atoms with van der Waals surface area (Å²) in [6.07, 6.45) is 5.81. The summed E-state index contributed by atoms with van der Waals surface area (Å²) in [5.74, 6) is 0.747. The van der Waals surface area contributed by atoms with Crippen molar-refractivity contribution in [3.63, 3.8) is 0 Å². The molecule has 24 heavy (non-hydrogen) atoms. The first kappa shape index (κ1) is 17.8. The molecule has 1 N–H and O–H groups in total. The quantitative estimate of drug-likeness (QED) is 0.888. The molecule has 0 bridgehead atoms. The molecule has 0 aromatic heterocycles. The highest BCUT2D eigenvalue weighted by Crippen LogP contribution is 2.59. The number of nitrogens with one attached hydrogen (secondary N) is 1. The average Bonchev–Trinajstić information content (AvgIpc) is 3.28. The molecular weight excluding hydrogens is 320 g/mol. The van der Waals surface area contributed by atoms with Crippen LogP contribution in [-0.2, 0) is 10.2 Å². The molecule has 2 heterocycles. The minimum absolute atomic E-state index is 0. The van der Waals surface area contributed by atoms with E-state index in [-0.39, 0.29) is 17.8 Å². The summed E-state index contributed by atoms with van der Waals surface area (Å²) in [4.78, 5) is 15.2. The van der Waals surface area contributed by atoms with Gasteiger partial charge in [0.25, 0.3) is 0 Å². The summed E-state index contributed by atoms with van der Waals surface area (Å²) < 4.78 is 0. The minimum Gasteiger partial charge on any atom is -0.342 e. The van der Waals surface area contributed by atoms with Gasteiger partial charge in [-0.3, -0.25) is 4.79 Å². The van der Waals surface area contributed by atoms with Gasteiger partial charge in [-0.1, -0.05) is 37.3 Å². The molecule has 3 fully saturated rings. The van der Waals surface area contributed by atoms with Crippen LogP contribution in [0.1, 0.15) is 44.6 Å². The molecule has 1 amide bonds. The summed E-state index contributed by atoms with van der Waals surface area (Å²) in [6.45, 7) is 6.35. The predicted octanol–water partition coefficient (Wildman–Crippen LogP) is 3.38. The Labute approximate surface area is 151 Å². The highest BCUT2D eigenvalue weighted by Gasteiger charge is 2.59. The first-order valence-corrected chi connectivity index (χ1v) is 9.18. The molecule has 4 rings (SSSR count). The van der Waals surface area contributed by atoms with Crippen LogP contribution in [0.15, 0.2) is 30.3 Å². The van der Waals surface area contributed by atoms with Crippen molar-refractivity contribution in [2.24, 2.45) is 11.3 Å². The van der Waals surface area contributed by atoms with Crippen molar-refractivity contribution in [3.8, 4) is 0 Å². The van der Waals surface area contributed by atoms with E-state index in [1.165, 1.54) is 24.8 Å². The Morgan fingerprint density at radius 2 is 1.88 bits per heavy atom. The first-order valence-electron chi connectivity index (χ1n) is 9.18. The Morgan fingerprint density at radius 1 is 1.17 bits per heavy atom. The van der Waals surface area contributed by atoms with Gasteiger partial charge in [0.05, 0.1) is 0 Å². The van der Waals surface area contributed by atoms with Gasteiger partial charge in [-0.15, -0.1) is 12.4 Å². The van der Waals surface area contributed by atoms with Gasteiger partial charge in [0, 0.05) is 24.4 Å². The van der Waals surface area contributed by atoms with E-state index in [0.717, 1.165) is 39.0 Å². The molecule has 3 nitrogen and oxygen atoms in total. The third-order valence-corrected chi connectivity index (χ3v) is 6.57. The third-order valence-electron chi connectivity index (χ3n) is 6.57. The molecule has 1 aromatic rings. The normalized spacial score (nSPS) is 31.4. The second-order valence-corrected chi connectivity index (χ2v) is 8.16. The predicted molar refractivity (Wildman–Crippen MR) is 99.5 cm³/mol. The van der Waals surface area contributed by atoms with Gasteiger partial charge in [0.15, 0.2) is 0 Å². The fourth-order valence-corrected chi connectivity index (χ4v) is 4.90. The lowest BCUT2D eigenvalue weighted by Crippen LogP contribution is -2.48. The monoisotopic (exact) mass is 348 g/mol. The molecule has 0 radical (unpaired) electrons. The van der Waals surface area contributed by atoms with Crippen molar-refractivity contribution in [2.75, 3.05) is 26.2 Å². The maximum atomic E-state index is 13.1. The molecule has 4 heteroatoms. The smallest absolute Gasteiger partial charge is 0.226 e. The molecule has 1 aromatic carbocycles. The molecule has 1 aliphatic carbocycles. The van der Waals surface area contributed by atoms with E-state index >= 15 is 0 Å². The number of hydrogen-bond donors (Lipinski definition) is 1. The Bertz CT molecular complexity index is 585. The van der Waals surface area contributed by atoms with E-state index in [1.54, 1.807) is 0 Å². The minimum atomic E-state index is 0. The number of piperidine rings is 2. The number of carbonyl (C=O) groups excluding carboxylic acids is 1. The fourth-order valence-electron chi connectivity index (χ4n) is 4.90. The lowest BCUT2D eigenvalue weighted by molar-refractivity contribution is -0.135. The summed E-state index contributed by atoms with van der Waals surface area (Å²) in [6, 6.07) is 10.8. The highest BCUT2D eigenvalue weighted by molar-refractivity contribution is 5.85. The zero-order chi connectivity index (χ0) is 15.9. The number of rotatable bonds is 2. The fraction of sp³-hybridized carbons (Fsp3) is 0.650. The van der Waals surface area contributed by atoms with Crippen LogP contribution in [0.3, 0.4) is 0 Å². The molecule has 1 saturated carbocycles. The Kier molecular flexibility index (Phi) is 4.94. The number of carbonyl (C=O) groups is 1. The van der Waals surface area contributed by atoms with Crippen molar-refractivity contribution in [2.45, 2.75) is 44.4 Å². The van der Waals surface area contributed by atoms with Gasteiger partial charge in [0.1, 0.15) is 0 Å². The van der Waals surface area contributed by atoms with Gasteiger partial charge in [-0.25, -0.2) is 0 Å². The van der Waals surface area contributed by atoms with E-state index in [1.807, 2.05) is 0 Å². The van der Waals surface area contributed by atoms with Gasteiger partial charge in [-0.05, 0) is 56.2 Å². The van der Waals surface area contributed by atoms with E-state index in [9.17, 15) is 4.79 Å². The molecule has 1 spiro atoms. The maximum Gasteiger partial charge on any atom is 0.226 e. The van der Waals surface area contributed by atoms with Crippen LogP contribution in [0.4, 0.5) is 0 Å². The van der Waals surface area contributed by atoms with E-state index in [0.29, 0.717) is 17.2 Å². The summed E-state index contributed by atoms with van der Waals surface area (Å²) in [5, 5.41) is 3.43. The molecule has 2 atom stereocenters. The summed E-state index contributed by atoms with van der Waals surface area (Å²) in [5.41, 5.74) is 1.85. The van der Waals surface area contributed by atoms with Crippen molar-refractivity contribution < 1.29 is 4.79 Å². The van der Waals surface area contributed by atoms with Crippen LogP contribution < -0.4 is 5.32 Å². The molecule has 2 unspecified atom stereocenters. The van der Waals surface area contributed by atoms with Crippen molar-refractivity contribution in [1.82, 2.24) is 10.2 Å². The Balaban J connectivity index is 0.00000169. The second-order valence-electron chi connectivity index (χ2n) is 8.16. The van der Waals surface area contributed by atoms with Gasteiger partial charge in [-0.2, -0.15) is 0 Å². The van der Waals surface area contributed by atoms with Crippen LogP contribution in [0.25, 0.3) is 0 Å². The summed E-state index contributed by atoms with van der Waals surface area (Å²) in [7, 11) is 0. The Morgan fingerprint density at radius 3 is 2.58 bits per heavy atom. The number of benzene rings is 1. The lowest BCUT2D eigenvalue weighted by Gasteiger charge is -2.41. The average molecular weight is 349 g/mol. The van der Waals surface area contributed by atoms with Crippen LogP contribution in [0, 0.1) is 11.3 Å². The zero-order valence-electron chi connectivity index (χ0n) is 14.6. The molecule has 2 saturated heterocycles. The molecule has 132 valence electrons. The number of nitrogens with zero attached hydrogens (tertiary/aromatic N) is 1. The number of hydrogen-bond acceptors (Lipinski definition) is 2. The van der Waals surface area contributed by atoms with Crippen molar-refractivity contribution in [3.05, 3.63) is 35.9 Å². The molecular formula is C20H29ClN2O. The van der Waals surface area contributed by atoms with Gasteiger partial charge < -0.3 is 10.2 Å². The number of likely N-dealkylation sites (tertiary alicyclic amines) is 1. The molecule has 3 aliphatic rings. The van der Waals surface area contributed by atoms with E-state index in [2.05, 4.69) is 47.5 Å². The van der Waals surface area contributed by atoms with E-state index < -0.39 is 0 Å². The maximum absolute atomic E-state index is 13.1. The number of halogens is 1. The highest BCUT2D eigenvalue weighted by atomic mass is 35.5.